The molecule has 0 amide bonds. The minimum Gasteiger partial charge on any atom is -0.463 e. The second-order valence-electron chi connectivity index (χ2n) is 4.86. The first-order chi connectivity index (χ1) is 10.5. The fourth-order valence-electron chi connectivity index (χ4n) is 2.08. The van der Waals surface area contributed by atoms with Gasteiger partial charge in [-0.25, -0.2) is 4.79 Å². The minimum atomic E-state index is -1.90. The number of esters is 1. The van der Waals surface area contributed by atoms with E-state index in [4.69, 9.17) is 27.9 Å². The zero-order valence-electron chi connectivity index (χ0n) is 12.1. The fourth-order valence-corrected chi connectivity index (χ4v) is 2.34. The van der Waals surface area contributed by atoms with E-state index < -0.39 is 11.6 Å². The van der Waals surface area contributed by atoms with Crippen LogP contribution in [0.2, 0.25) is 10.0 Å². The first-order valence-electron chi connectivity index (χ1n) is 6.90. The van der Waals surface area contributed by atoms with Crippen molar-refractivity contribution in [2.75, 3.05) is 6.61 Å². The summed E-state index contributed by atoms with van der Waals surface area (Å²) in [5, 5.41) is 12.1. The average molecular weight is 339 g/mol. The molecule has 0 saturated heterocycles. The van der Waals surface area contributed by atoms with Gasteiger partial charge >= 0.3 is 5.97 Å². The van der Waals surface area contributed by atoms with Crippen LogP contribution in [0.5, 0.6) is 0 Å². The standard InChI is InChI=1S/C17H16Cl2O3/c1-2-11-22-16(20)17(21,12-3-7-14(18)8-4-12)13-5-9-15(19)10-6-13/h3-10,21H,2,11H2,1H3. The molecule has 0 heterocycles. The average Bonchev–Trinajstić information content (AvgIpc) is 2.53. The number of rotatable bonds is 5. The molecule has 0 fully saturated rings. The van der Waals surface area contributed by atoms with E-state index in [1.165, 1.54) is 0 Å². The number of hydrogen-bond donors (Lipinski definition) is 1. The van der Waals surface area contributed by atoms with Crippen molar-refractivity contribution >= 4 is 29.2 Å². The number of halogens is 2. The van der Waals surface area contributed by atoms with Crippen molar-refractivity contribution in [1.82, 2.24) is 0 Å². The second kappa shape index (κ2) is 7.14. The van der Waals surface area contributed by atoms with E-state index in [0.717, 1.165) is 0 Å². The monoisotopic (exact) mass is 338 g/mol. The largest absolute Gasteiger partial charge is 0.463 e. The normalized spacial score (nSPS) is 11.3. The van der Waals surface area contributed by atoms with Crippen LogP contribution in [0.4, 0.5) is 0 Å². The number of aliphatic hydroxyl groups is 1. The van der Waals surface area contributed by atoms with Crippen LogP contribution in [-0.2, 0) is 15.1 Å². The van der Waals surface area contributed by atoms with Gasteiger partial charge in [0.2, 0.25) is 5.60 Å². The van der Waals surface area contributed by atoms with Gasteiger partial charge in [0, 0.05) is 10.0 Å². The summed E-state index contributed by atoms with van der Waals surface area (Å²) in [6, 6.07) is 12.9. The van der Waals surface area contributed by atoms with Crippen molar-refractivity contribution in [3.05, 3.63) is 69.7 Å². The van der Waals surface area contributed by atoms with Crippen LogP contribution < -0.4 is 0 Å². The third-order valence-corrected chi connectivity index (χ3v) is 3.76. The summed E-state index contributed by atoms with van der Waals surface area (Å²) >= 11 is 11.8. The van der Waals surface area contributed by atoms with Gasteiger partial charge in [-0.3, -0.25) is 0 Å². The van der Waals surface area contributed by atoms with Gasteiger partial charge in [0.15, 0.2) is 0 Å². The summed E-state index contributed by atoms with van der Waals surface area (Å²) in [5.74, 6) is -0.723. The van der Waals surface area contributed by atoms with Crippen molar-refractivity contribution in [1.29, 1.82) is 0 Å². The predicted octanol–water partition coefficient (Wildman–Crippen LogP) is 4.18. The summed E-state index contributed by atoms with van der Waals surface area (Å²) < 4.78 is 5.17. The number of ether oxygens (including phenoxy) is 1. The van der Waals surface area contributed by atoms with Crippen LogP contribution in [0.25, 0.3) is 0 Å². The maximum absolute atomic E-state index is 12.5. The first kappa shape index (κ1) is 16.8. The van der Waals surface area contributed by atoms with Crippen molar-refractivity contribution in [2.45, 2.75) is 18.9 Å². The van der Waals surface area contributed by atoms with Gasteiger partial charge in [-0.1, -0.05) is 54.4 Å². The van der Waals surface area contributed by atoms with Gasteiger partial charge in [0.25, 0.3) is 0 Å². The molecule has 0 saturated carbocycles. The topological polar surface area (TPSA) is 46.5 Å². The van der Waals surface area contributed by atoms with Crippen molar-refractivity contribution in [2.24, 2.45) is 0 Å². The van der Waals surface area contributed by atoms with Crippen LogP contribution in [0.15, 0.2) is 48.5 Å². The first-order valence-corrected chi connectivity index (χ1v) is 7.65. The molecule has 0 aliphatic rings. The van der Waals surface area contributed by atoms with E-state index in [-0.39, 0.29) is 6.61 Å². The Hall–Kier alpha value is -1.55. The van der Waals surface area contributed by atoms with Gasteiger partial charge in [-0.05, 0) is 41.8 Å². The molecule has 0 aliphatic carbocycles. The second-order valence-corrected chi connectivity index (χ2v) is 5.73. The molecule has 0 atom stereocenters. The maximum atomic E-state index is 12.5. The lowest BCUT2D eigenvalue weighted by molar-refractivity contribution is -0.162. The molecule has 0 aliphatic heterocycles. The predicted molar refractivity (Wildman–Crippen MR) is 87.2 cm³/mol. The molecule has 0 radical (unpaired) electrons. The maximum Gasteiger partial charge on any atom is 0.347 e. The van der Waals surface area contributed by atoms with Crippen LogP contribution >= 0.6 is 23.2 Å². The summed E-state index contributed by atoms with van der Waals surface area (Å²) in [7, 11) is 0. The van der Waals surface area contributed by atoms with Gasteiger partial charge < -0.3 is 9.84 Å². The van der Waals surface area contributed by atoms with Gasteiger partial charge in [-0.2, -0.15) is 0 Å². The lowest BCUT2D eigenvalue weighted by Gasteiger charge is -2.27. The molecule has 2 rings (SSSR count). The Labute approximate surface area is 139 Å². The van der Waals surface area contributed by atoms with Crippen molar-refractivity contribution in [3.63, 3.8) is 0 Å². The van der Waals surface area contributed by atoms with E-state index in [1.807, 2.05) is 6.92 Å². The Kier molecular flexibility index (Phi) is 5.46. The summed E-state index contributed by atoms with van der Waals surface area (Å²) in [6.07, 6.45) is 0.670. The lowest BCUT2D eigenvalue weighted by atomic mass is 9.86. The minimum absolute atomic E-state index is 0.238. The molecule has 0 spiro atoms. The lowest BCUT2D eigenvalue weighted by Crippen LogP contribution is -2.38. The number of hydrogen-bond acceptors (Lipinski definition) is 3. The van der Waals surface area contributed by atoms with E-state index in [1.54, 1.807) is 48.5 Å². The molecule has 1 N–H and O–H groups in total. The van der Waals surface area contributed by atoms with E-state index in [0.29, 0.717) is 27.6 Å². The van der Waals surface area contributed by atoms with Gasteiger partial charge in [-0.15, -0.1) is 0 Å². The Morgan fingerprint density at radius 3 is 1.77 bits per heavy atom. The quantitative estimate of drug-likeness (QED) is 0.831. The van der Waals surface area contributed by atoms with Crippen LogP contribution in [-0.4, -0.2) is 17.7 Å². The van der Waals surface area contributed by atoms with Crippen molar-refractivity contribution < 1.29 is 14.6 Å². The SMILES string of the molecule is CCCOC(=O)C(O)(c1ccc(Cl)cc1)c1ccc(Cl)cc1. The highest BCUT2D eigenvalue weighted by Crippen LogP contribution is 2.32. The molecule has 0 aromatic heterocycles. The van der Waals surface area contributed by atoms with E-state index in [2.05, 4.69) is 0 Å². The number of benzene rings is 2. The third-order valence-electron chi connectivity index (χ3n) is 3.26. The molecular weight excluding hydrogens is 323 g/mol. The molecule has 2 aromatic carbocycles. The van der Waals surface area contributed by atoms with Crippen molar-refractivity contribution in [3.8, 4) is 0 Å². The zero-order chi connectivity index (χ0) is 16.2. The Balaban J connectivity index is 2.50. The Morgan fingerprint density at radius 2 is 1.41 bits per heavy atom. The zero-order valence-corrected chi connectivity index (χ0v) is 13.6. The summed E-state index contributed by atoms with van der Waals surface area (Å²) in [6.45, 7) is 2.12. The number of carbonyl (C=O) groups excluding carboxylic acids is 1. The molecule has 5 heteroatoms. The highest BCUT2D eigenvalue weighted by Gasteiger charge is 2.41. The molecule has 3 nitrogen and oxygen atoms in total. The van der Waals surface area contributed by atoms with Crippen LogP contribution in [0, 0.1) is 0 Å². The van der Waals surface area contributed by atoms with E-state index in [9.17, 15) is 9.90 Å². The van der Waals surface area contributed by atoms with E-state index >= 15 is 0 Å². The molecule has 2 aromatic rings. The van der Waals surface area contributed by atoms with Gasteiger partial charge in [0.1, 0.15) is 0 Å². The molecule has 0 unspecified atom stereocenters. The highest BCUT2D eigenvalue weighted by atomic mass is 35.5. The van der Waals surface area contributed by atoms with Gasteiger partial charge in [0.05, 0.1) is 6.61 Å². The molecule has 0 bridgehead atoms. The molecular formula is C17H16Cl2O3. The summed E-state index contributed by atoms with van der Waals surface area (Å²) in [4.78, 5) is 12.5. The molecule has 22 heavy (non-hydrogen) atoms. The van der Waals surface area contributed by atoms with Crippen LogP contribution in [0.3, 0.4) is 0 Å². The molecule has 116 valence electrons. The highest BCUT2D eigenvalue weighted by molar-refractivity contribution is 6.30. The smallest absolute Gasteiger partial charge is 0.347 e. The Morgan fingerprint density at radius 1 is 1.00 bits per heavy atom. The number of carbonyl (C=O) groups is 1. The fraction of sp³-hybridized carbons (Fsp3) is 0.235. The Bertz CT molecular complexity index is 590. The van der Waals surface area contributed by atoms with Crippen LogP contribution in [0.1, 0.15) is 24.5 Å². The third kappa shape index (κ3) is 3.43. The summed E-state index contributed by atoms with van der Waals surface area (Å²) in [5.41, 5.74) is -1.12.